The molecular weight excluding hydrogens is 224 g/mol. The molecule has 0 aliphatic rings. The maximum atomic E-state index is 5.75. The number of rotatable bonds is 3. The Bertz CT molecular complexity index is 503. The molecule has 2 aromatic rings. The minimum Gasteiger partial charge on any atom is -0.468 e. The SMILES string of the molecule is CC(C)(C)Oc1c[n+](Cc2ccccc2)ccn1. The Morgan fingerprint density at radius 2 is 1.89 bits per heavy atom. The van der Waals surface area contributed by atoms with Crippen LogP contribution in [0.2, 0.25) is 0 Å². The van der Waals surface area contributed by atoms with Crippen LogP contribution in [0, 0.1) is 0 Å². The number of ether oxygens (including phenoxy) is 1. The Morgan fingerprint density at radius 3 is 2.56 bits per heavy atom. The van der Waals surface area contributed by atoms with Crippen LogP contribution in [0.3, 0.4) is 0 Å². The lowest BCUT2D eigenvalue weighted by atomic mass is 10.2. The first-order valence-electron chi connectivity index (χ1n) is 6.11. The molecule has 18 heavy (non-hydrogen) atoms. The maximum Gasteiger partial charge on any atom is 0.280 e. The number of nitrogens with zero attached hydrogens (tertiary/aromatic N) is 2. The summed E-state index contributed by atoms with van der Waals surface area (Å²) in [7, 11) is 0. The lowest BCUT2D eigenvalue weighted by Gasteiger charge is -2.18. The van der Waals surface area contributed by atoms with E-state index in [9.17, 15) is 0 Å². The van der Waals surface area contributed by atoms with Gasteiger partial charge in [-0.05, 0) is 20.8 Å². The van der Waals surface area contributed by atoms with Gasteiger partial charge >= 0.3 is 0 Å². The highest BCUT2D eigenvalue weighted by Crippen LogP contribution is 2.12. The van der Waals surface area contributed by atoms with E-state index < -0.39 is 0 Å². The van der Waals surface area contributed by atoms with E-state index in [4.69, 9.17) is 4.74 Å². The Labute approximate surface area is 108 Å². The standard InChI is InChI=1S/C15H19N2O/c1-15(2,3)18-14-12-17(10-9-16-14)11-13-7-5-4-6-8-13/h4-10,12H,11H2,1-3H3/q+1. The molecule has 0 aliphatic heterocycles. The van der Waals surface area contributed by atoms with Crippen LogP contribution in [-0.4, -0.2) is 10.6 Å². The predicted octanol–water partition coefficient (Wildman–Crippen LogP) is 2.59. The Hall–Kier alpha value is -1.90. The fourth-order valence-electron chi connectivity index (χ4n) is 1.67. The van der Waals surface area contributed by atoms with Crippen molar-refractivity contribution in [1.29, 1.82) is 0 Å². The van der Waals surface area contributed by atoms with Crippen molar-refractivity contribution in [1.82, 2.24) is 4.98 Å². The number of hydrogen-bond donors (Lipinski definition) is 0. The molecule has 0 saturated carbocycles. The van der Waals surface area contributed by atoms with Gasteiger partial charge in [0, 0.05) is 5.56 Å². The summed E-state index contributed by atoms with van der Waals surface area (Å²) in [5.41, 5.74) is 1.04. The van der Waals surface area contributed by atoms with Gasteiger partial charge in [-0.2, -0.15) is 4.57 Å². The summed E-state index contributed by atoms with van der Waals surface area (Å²) in [5, 5.41) is 0. The Balaban J connectivity index is 2.13. The molecule has 0 unspecified atom stereocenters. The molecule has 0 bridgehead atoms. The monoisotopic (exact) mass is 243 g/mol. The fourth-order valence-corrected chi connectivity index (χ4v) is 1.67. The Morgan fingerprint density at radius 1 is 1.17 bits per heavy atom. The van der Waals surface area contributed by atoms with Gasteiger partial charge in [0.2, 0.25) is 6.20 Å². The summed E-state index contributed by atoms with van der Waals surface area (Å²) in [6.07, 6.45) is 5.64. The van der Waals surface area contributed by atoms with Crippen molar-refractivity contribution < 1.29 is 9.30 Å². The third kappa shape index (κ3) is 3.84. The van der Waals surface area contributed by atoms with E-state index in [0.717, 1.165) is 6.54 Å². The highest BCUT2D eigenvalue weighted by Gasteiger charge is 2.15. The molecule has 0 N–H and O–H groups in total. The van der Waals surface area contributed by atoms with Crippen LogP contribution in [0.4, 0.5) is 0 Å². The van der Waals surface area contributed by atoms with Crippen LogP contribution in [-0.2, 0) is 6.54 Å². The van der Waals surface area contributed by atoms with Crippen molar-refractivity contribution >= 4 is 0 Å². The first-order chi connectivity index (χ1) is 8.53. The molecule has 94 valence electrons. The first kappa shape index (κ1) is 12.6. The maximum absolute atomic E-state index is 5.75. The minimum absolute atomic E-state index is 0.223. The van der Waals surface area contributed by atoms with Gasteiger partial charge in [0.15, 0.2) is 12.7 Å². The van der Waals surface area contributed by atoms with Crippen LogP contribution in [0.1, 0.15) is 26.3 Å². The zero-order chi connectivity index (χ0) is 13.0. The van der Waals surface area contributed by atoms with Crippen molar-refractivity contribution in [2.45, 2.75) is 32.9 Å². The lowest BCUT2D eigenvalue weighted by molar-refractivity contribution is -0.689. The minimum atomic E-state index is -0.223. The van der Waals surface area contributed by atoms with Crippen molar-refractivity contribution in [3.8, 4) is 5.88 Å². The normalized spacial score (nSPS) is 11.3. The van der Waals surface area contributed by atoms with E-state index in [-0.39, 0.29) is 5.60 Å². The highest BCUT2D eigenvalue weighted by atomic mass is 16.5. The van der Waals surface area contributed by atoms with Crippen molar-refractivity contribution in [2.24, 2.45) is 0 Å². The van der Waals surface area contributed by atoms with Crippen molar-refractivity contribution in [2.75, 3.05) is 0 Å². The average Bonchev–Trinajstić information content (AvgIpc) is 2.28. The Kier molecular flexibility index (Phi) is 3.60. The fraction of sp³-hybridized carbons (Fsp3) is 0.333. The second-order valence-electron chi connectivity index (χ2n) is 5.27. The summed E-state index contributed by atoms with van der Waals surface area (Å²) in [6.45, 7) is 6.87. The zero-order valence-electron chi connectivity index (χ0n) is 11.1. The molecule has 2 rings (SSSR count). The molecule has 0 saturated heterocycles. The van der Waals surface area contributed by atoms with Gasteiger partial charge in [0.05, 0.1) is 6.20 Å². The first-order valence-corrected chi connectivity index (χ1v) is 6.11. The van der Waals surface area contributed by atoms with Crippen molar-refractivity contribution in [3.05, 3.63) is 54.5 Å². The van der Waals surface area contributed by atoms with Gasteiger partial charge in [-0.25, -0.2) is 4.98 Å². The molecule has 3 nitrogen and oxygen atoms in total. The van der Waals surface area contributed by atoms with E-state index in [1.54, 1.807) is 6.20 Å². The van der Waals surface area contributed by atoms with Crippen molar-refractivity contribution in [3.63, 3.8) is 0 Å². The van der Waals surface area contributed by atoms with E-state index in [0.29, 0.717) is 5.88 Å². The predicted molar refractivity (Wildman–Crippen MR) is 70.4 cm³/mol. The van der Waals surface area contributed by atoms with Crippen LogP contribution in [0.15, 0.2) is 48.9 Å². The van der Waals surface area contributed by atoms with Crippen LogP contribution in [0.25, 0.3) is 0 Å². The summed E-state index contributed by atoms with van der Waals surface area (Å²) >= 11 is 0. The van der Waals surface area contributed by atoms with Gasteiger partial charge in [0.1, 0.15) is 5.60 Å². The van der Waals surface area contributed by atoms with Gasteiger partial charge in [-0.3, -0.25) is 0 Å². The third-order valence-electron chi connectivity index (χ3n) is 2.35. The molecule has 0 aliphatic carbocycles. The number of hydrogen-bond acceptors (Lipinski definition) is 2. The molecule has 1 aromatic heterocycles. The van der Waals surface area contributed by atoms with E-state index in [1.165, 1.54) is 5.56 Å². The molecule has 1 heterocycles. The molecule has 0 atom stereocenters. The van der Waals surface area contributed by atoms with E-state index >= 15 is 0 Å². The number of aromatic nitrogens is 2. The molecule has 1 aromatic carbocycles. The largest absolute Gasteiger partial charge is 0.468 e. The molecular formula is C15H19N2O+. The zero-order valence-corrected chi connectivity index (χ0v) is 11.1. The quantitative estimate of drug-likeness (QED) is 0.774. The summed E-state index contributed by atoms with van der Waals surface area (Å²) in [4.78, 5) is 4.22. The molecule has 3 heteroatoms. The van der Waals surface area contributed by atoms with Gasteiger partial charge in [-0.1, -0.05) is 30.3 Å². The van der Waals surface area contributed by atoms with Crippen LogP contribution >= 0.6 is 0 Å². The summed E-state index contributed by atoms with van der Waals surface area (Å²) in [6, 6.07) is 10.3. The highest BCUT2D eigenvalue weighted by molar-refractivity contribution is 5.13. The second-order valence-corrected chi connectivity index (χ2v) is 5.27. The third-order valence-corrected chi connectivity index (χ3v) is 2.35. The van der Waals surface area contributed by atoms with Gasteiger partial charge in [-0.15, -0.1) is 0 Å². The lowest BCUT2D eigenvalue weighted by Crippen LogP contribution is -2.35. The topological polar surface area (TPSA) is 26.0 Å². The molecule has 0 amide bonds. The molecule has 0 fully saturated rings. The average molecular weight is 243 g/mol. The van der Waals surface area contributed by atoms with Crippen LogP contribution in [0.5, 0.6) is 5.88 Å². The van der Waals surface area contributed by atoms with Gasteiger partial charge in [0.25, 0.3) is 5.88 Å². The smallest absolute Gasteiger partial charge is 0.280 e. The second kappa shape index (κ2) is 5.17. The van der Waals surface area contributed by atoms with E-state index in [2.05, 4.69) is 21.7 Å². The van der Waals surface area contributed by atoms with Crippen LogP contribution < -0.4 is 9.30 Å². The number of benzene rings is 1. The molecule has 0 spiro atoms. The summed E-state index contributed by atoms with van der Waals surface area (Å²) < 4.78 is 7.82. The summed E-state index contributed by atoms with van der Waals surface area (Å²) in [5.74, 6) is 0.654. The van der Waals surface area contributed by atoms with E-state index in [1.807, 2.05) is 51.4 Å². The molecule has 0 radical (unpaired) electrons. The van der Waals surface area contributed by atoms with Gasteiger partial charge < -0.3 is 4.74 Å².